The summed E-state index contributed by atoms with van der Waals surface area (Å²) in [5.41, 5.74) is 3.75. The second-order valence-corrected chi connectivity index (χ2v) is 7.80. The van der Waals surface area contributed by atoms with Crippen LogP contribution in [0.4, 0.5) is 0 Å². The van der Waals surface area contributed by atoms with E-state index in [1.165, 1.54) is 11.1 Å². The van der Waals surface area contributed by atoms with Gasteiger partial charge in [-0.15, -0.1) is 0 Å². The molecule has 0 aliphatic carbocycles. The number of rotatable bonds is 9. The van der Waals surface area contributed by atoms with E-state index in [2.05, 4.69) is 33.7 Å². The van der Waals surface area contributed by atoms with E-state index in [0.29, 0.717) is 0 Å². The van der Waals surface area contributed by atoms with Gasteiger partial charge >= 0.3 is 0 Å². The van der Waals surface area contributed by atoms with Crippen molar-refractivity contribution in [2.24, 2.45) is 0 Å². The van der Waals surface area contributed by atoms with Crippen molar-refractivity contribution in [3.8, 4) is 11.5 Å². The van der Waals surface area contributed by atoms with E-state index in [9.17, 15) is 0 Å². The minimum atomic E-state index is 0.739. The van der Waals surface area contributed by atoms with Gasteiger partial charge in [0.1, 0.15) is 4.99 Å². The van der Waals surface area contributed by atoms with Crippen molar-refractivity contribution in [2.45, 2.75) is 19.4 Å². The third-order valence-electron chi connectivity index (χ3n) is 4.82. The number of methoxy groups -OCH3 is 2. The molecule has 0 unspecified atom stereocenters. The summed E-state index contributed by atoms with van der Waals surface area (Å²) >= 11 is 7.45. The minimum Gasteiger partial charge on any atom is -0.493 e. The molecular weight excluding hydrogens is 364 g/mol. The highest BCUT2D eigenvalue weighted by Crippen LogP contribution is 2.35. The molecule has 1 aromatic heterocycles. The van der Waals surface area contributed by atoms with Gasteiger partial charge < -0.3 is 19.3 Å². The van der Waals surface area contributed by atoms with Crippen LogP contribution in [0.5, 0.6) is 11.5 Å². The summed E-state index contributed by atoms with van der Waals surface area (Å²) in [7, 11) is 5.52. The Labute approximate surface area is 165 Å². The topological polar surface area (TPSA) is 24.9 Å². The number of likely N-dealkylation sites (N-methyl/N-ethyl adjacent to an activating group) is 1. The molecule has 4 nitrogen and oxygen atoms in total. The van der Waals surface area contributed by atoms with Crippen LogP contribution in [0.3, 0.4) is 0 Å². The Hall–Kier alpha value is -1.63. The predicted molar refractivity (Wildman–Crippen MR) is 112 cm³/mol. The maximum atomic E-state index is 5.68. The summed E-state index contributed by atoms with van der Waals surface area (Å²) < 4.78 is 10.8. The Morgan fingerprint density at radius 2 is 1.96 bits per heavy atom. The van der Waals surface area contributed by atoms with Crippen molar-refractivity contribution in [3.05, 3.63) is 45.6 Å². The number of fused-ring (bicyclic) bond motifs is 1. The lowest BCUT2D eigenvalue weighted by Gasteiger charge is -2.21. The highest BCUT2D eigenvalue weighted by atomic mass is 32.1. The number of thiocarbonyl (C=S) groups is 1. The van der Waals surface area contributed by atoms with Gasteiger partial charge in [0.15, 0.2) is 11.5 Å². The Balaban J connectivity index is 1.49. The maximum Gasteiger partial charge on any atom is 0.161 e. The number of nitrogens with zero attached hydrogens (tertiary/aromatic N) is 2. The Kier molecular flexibility index (Phi) is 6.51. The van der Waals surface area contributed by atoms with E-state index >= 15 is 0 Å². The lowest BCUT2D eigenvalue weighted by molar-refractivity contribution is 0.310. The number of hydrogen-bond acceptors (Lipinski definition) is 5. The van der Waals surface area contributed by atoms with Crippen LogP contribution in [0.25, 0.3) is 0 Å². The van der Waals surface area contributed by atoms with Crippen LogP contribution < -0.4 is 9.47 Å². The molecule has 2 aromatic rings. The molecule has 0 N–H and O–H groups in total. The fourth-order valence-corrected chi connectivity index (χ4v) is 4.33. The summed E-state index contributed by atoms with van der Waals surface area (Å²) in [6.07, 6.45) is 2.22. The van der Waals surface area contributed by atoms with E-state index < -0.39 is 0 Å². The normalized spacial score (nSPS) is 13.4. The van der Waals surface area contributed by atoms with Crippen LogP contribution in [0.2, 0.25) is 0 Å². The van der Waals surface area contributed by atoms with Gasteiger partial charge in [-0.05, 0) is 66.5 Å². The second kappa shape index (κ2) is 8.84. The van der Waals surface area contributed by atoms with Gasteiger partial charge in [0.05, 0.1) is 14.2 Å². The first-order valence-electron chi connectivity index (χ1n) is 8.86. The number of ether oxygens (including phenoxy) is 2. The van der Waals surface area contributed by atoms with E-state index in [0.717, 1.165) is 61.1 Å². The average Bonchev–Trinajstić information content (AvgIpc) is 3.27. The smallest absolute Gasteiger partial charge is 0.161 e. The maximum absolute atomic E-state index is 5.68. The summed E-state index contributed by atoms with van der Waals surface area (Å²) in [6, 6.07) is 6.26. The van der Waals surface area contributed by atoms with Crippen LogP contribution >= 0.6 is 23.6 Å². The Morgan fingerprint density at radius 3 is 2.65 bits per heavy atom. The Morgan fingerprint density at radius 1 is 1.19 bits per heavy atom. The molecule has 26 heavy (non-hydrogen) atoms. The zero-order valence-electron chi connectivity index (χ0n) is 15.7. The van der Waals surface area contributed by atoms with Gasteiger partial charge in [0.25, 0.3) is 0 Å². The molecule has 0 spiro atoms. The van der Waals surface area contributed by atoms with Crippen molar-refractivity contribution in [3.63, 3.8) is 0 Å². The van der Waals surface area contributed by atoms with E-state index in [1.807, 2.05) is 12.1 Å². The molecule has 0 saturated carbocycles. The van der Waals surface area contributed by atoms with Crippen LogP contribution in [0, 0.1) is 0 Å². The molecule has 6 heteroatoms. The molecular formula is C20H26N2O2S2. The second-order valence-electron chi connectivity index (χ2n) is 6.63. The molecule has 0 saturated heterocycles. The monoisotopic (exact) mass is 390 g/mol. The summed E-state index contributed by atoms with van der Waals surface area (Å²) in [5.74, 6) is 1.51. The van der Waals surface area contributed by atoms with Crippen molar-refractivity contribution in [1.82, 2.24) is 9.80 Å². The first-order chi connectivity index (χ1) is 12.6. The molecule has 0 amide bonds. The van der Waals surface area contributed by atoms with Gasteiger partial charge in [-0.2, -0.15) is 11.3 Å². The molecule has 3 rings (SSSR count). The fraction of sp³-hybridized carbons (Fsp3) is 0.450. The minimum absolute atomic E-state index is 0.739. The molecule has 0 atom stereocenters. The van der Waals surface area contributed by atoms with Crippen molar-refractivity contribution in [1.29, 1.82) is 0 Å². The summed E-state index contributed by atoms with van der Waals surface area (Å²) in [5, 5.41) is 4.38. The number of hydrogen-bond donors (Lipinski definition) is 0. The van der Waals surface area contributed by atoms with Gasteiger partial charge in [-0.25, -0.2) is 0 Å². The van der Waals surface area contributed by atoms with Crippen LogP contribution in [-0.2, 0) is 13.0 Å². The standard InChI is InChI=1S/C20H26N2O2S2/c1-21(9-5-15-6-10-26-14-15)7-4-8-22-13-16-11-18(23-2)19(24-3)12-17(16)20(22)25/h6,10-12,14H,4-5,7-9,13H2,1-3H3. The number of benzene rings is 1. The fourth-order valence-electron chi connectivity index (χ4n) is 3.28. The third-order valence-corrected chi connectivity index (χ3v) is 6.03. The van der Waals surface area contributed by atoms with Crippen LogP contribution in [0.1, 0.15) is 23.1 Å². The molecule has 0 bridgehead atoms. The molecule has 0 fully saturated rings. The first kappa shape index (κ1) is 19.1. The predicted octanol–water partition coefficient (Wildman–Crippen LogP) is 3.82. The number of thiophene rings is 1. The summed E-state index contributed by atoms with van der Waals surface area (Å²) in [6.45, 7) is 4.00. The SMILES string of the molecule is COc1cc2c(cc1OC)C(=S)N(CCCN(C)CCc1ccsc1)C2. The third kappa shape index (κ3) is 4.37. The first-order valence-corrected chi connectivity index (χ1v) is 10.2. The van der Waals surface area contributed by atoms with Crippen LogP contribution in [0.15, 0.2) is 29.0 Å². The van der Waals surface area contributed by atoms with E-state index in [4.69, 9.17) is 21.7 Å². The average molecular weight is 391 g/mol. The molecule has 2 heterocycles. The highest BCUT2D eigenvalue weighted by molar-refractivity contribution is 7.80. The van der Waals surface area contributed by atoms with Crippen molar-refractivity contribution < 1.29 is 9.47 Å². The van der Waals surface area contributed by atoms with Gasteiger partial charge in [0.2, 0.25) is 0 Å². The zero-order chi connectivity index (χ0) is 18.5. The lowest BCUT2D eigenvalue weighted by atomic mass is 10.1. The van der Waals surface area contributed by atoms with Gasteiger partial charge in [-0.3, -0.25) is 0 Å². The molecule has 1 aliphatic rings. The lowest BCUT2D eigenvalue weighted by Crippen LogP contribution is -2.29. The van der Waals surface area contributed by atoms with Crippen molar-refractivity contribution >= 4 is 28.5 Å². The van der Waals surface area contributed by atoms with E-state index in [1.54, 1.807) is 25.6 Å². The molecule has 1 aromatic carbocycles. The Bertz CT molecular complexity index is 747. The van der Waals surface area contributed by atoms with E-state index in [-0.39, 0.29) is 0 Å². The largest absolute Gasteiger partial charge is 0.493 e. The van der Waals surface area contributed by atoms with Crippen molar-refractivity contribution in [2.75, 3.05) is 40.9 Å². The summed E-state index contributed by atoms with van der Waals surface area (Å²) in [4.78, 5) is 5.60. The van der Waals surface area contributed by atoms with Crippen LogP contribution in [-0.4, -0.2) is 55.7 Å². The molecule has 1 aliphatic heterocycles. The zero-order valence-corrected chi connectivity index (χ0v) is 17.3. The quantitative estimate of drug-likeness (QED) is 0.606. The van der Waals surface area contributed by atoms with Gasteiger partial charge in [0, 0.05) is 25.2 Å². The highest BCUT2D eigenvalue weighted by Gasteiger charge is 2.26. The van der Waals surface area contributed by atoms with Gasteiger partial charge in [-0.1, -0.05) is 12.2 Å². The molecule has 140 valence electrons. The molecule has 0 radical (unpaired) electrons.